The van der Waals surface area contributed by atoms with Crippen LogP contribution >= 0.6 is 12.2 Å². The third-order valence-electron chi connectivity index (χ3n) is 5.06. The van der Waals surface area contributed by atoms with E-state index >= 15 is 0 Å². The number of thiocarbonyl (C=S) groups is 1. The van der Waals surface area contributed by atoms with Gasteiger partial charge in [-0.15, -0.1) is 0 Å². The number of hydrogen-bond donors (Lipinski definition) is 2. The van der Waals surface area contributed by atoms with E-state index in [1.807, 2.05) is 30.3 Å². The van der Waals surface area contributed by atoms with E-state index in [9.17, 15) is 5.11 Å². The van der Waals surface area contributed by atoms with E-state index < -0.39 is 0 Å². The summed E-state index contributed by atoms with van der Waals surface area (Å²) in [5.74, 6) is 0.235. The smallest absolute Gasteiger partial charge is 0.174 e. The SMILES string of the molecule is CC(C)(C)n1ccc([C@@H]2[C@@H](c3ccccn3)NC(=S)N2c2ccc(O)cc2)c1. The standard InChI is InChI=1S/C22H24N4OS/c1-22(2,3)25-13-11-15(14-25)20-19(18-6-4-5-12-23-18)24-21(28)26(20)16-7-9-17(27)10-8-16/h4-14,19-20,27H,1-3H3,(H,24,28)/t19-,20-/m1/s1. The first kappa shape index (κ1) is 18.5. The van der Waals surface area contributed by atoms with Gasteiger partial charge in [0.25, 0.3) is 0 Å². The molecule has 3 aromatic rings. The molecule has 1 aromatic carbocycles. The monoisotopic (exact) mass is 392 g/mol. The number of aromatic hydroxyl groups is 1. The molecule has 3 heterocycles. The molecule has 144 valence electrons. The minimum atomic E-state index is -0.0710. The second-order valence-corrected chi connectivity index (χ2v) is 8.42. The number of benzene rings is 1. The van der Waals surface area contributed by atoms with E-state index in [1.165, 1.54) is 0 Å². The highest BCUT2D eigenvalue weighted by atomic mass is 32.1. The summed E-state index contributed by atoms with van der Waals surface area (Å²) < 4.78 is 2.22. The van der Waals surface area contributed by atoms with Crippen molar-refractivity contribution in [2.45, 2.75) is 38.4 Å². The third kappa shape index (κ3) is 3.36. The molecule has 1 saturated heterocycles. The molecular weight excluding hydrogens is 368 g/mol. The van der Waals surface area contributed by atoms with Crippen LogP contribution in [0.4, 0.5) is 5.69 Å². The van der Waals surface area contributed by atoms with Gasteiger partial charge < -0.3 is 19.9 Å². The molecule has 2 aromatic heterocycles. The molecule has 6 heteroatoms. The van der Waals surface area contributed by atoms with Crippen molar-refractivity contribution in [3.63, 3.8) is 0 Å². The van der Waals surface area contributed by atoms with Gasteiger partial charge in [0.1, 0.15) is 5.75 Å². The molecule has 0 saturated carbocycles. The fraction of sp³-hybridized carbons (Fsp3) is 0.273. The fourth-order valence-electron chi connectivity index (χ4n) is 3.59. The Labute approximate surface area is 170 Å². The third-order valence-corrected chi connectivity index (χ3v) is 5.37. The Morgan fingerprint density at radius 1 is 1.07 bits per heavy atom. The maximum atomic E-state index is 9.69. The summed E-state index contributed by atoms with van der Waals surface area (Å²) in [5, 5.41) is 13.8. The van der Waals surface area contributed by atoms with Crippen LogP contribution < -0.4 is 10.2 Å². The topological polar surface area (TPSA) is 53.3 Å². The van der Waals surface area contributed by atoms with E-state index in [-0.39, 0.29) is 23.4 Å². The normalized spacial score (nSPS) is 19.7. The van der Waals surface area contributed by atoms with Gasteiger partial charge in [-0.05, 0) is 81.0 Å². The van der Waals surface area contributed by atoms with Crippen LogP contribution in [0.3, 0.4) is 0 Å². The van der Waals surface area contributed by atoms with Gasteiger partial charge in [0.15, 0.2) is 5.11 Å². The van der Waals surface area contributed by atoms with Crippen molar-refractivity contribution in [1.29, 1.82) is 0 Å². The van der Waals surface area contributed by atoms with Gasteiger partial charge in [-0.25, -0.2) is 0 Å². The van der Waals surface area contributed by atoms with Crippen LogP contribution in [0.15, 0.2) is 67.1 Å². The number of anilines is 1. The summed E-state index contributed by atoms with van der Waals surface area (Å²) in [4.78, 5) is 6.68. The first-order chi connectivity index (χ1) is 13.3. The average molecular weight is 393 g/mol. The van der Waals surface area contributed by atoms with E-state index in [2.05, 4.69) is 59.0 Å². The number of phenolic OH excluding ortho intramolecular Hbond substituents is 1. The molecule has 2 atom stereocenters. The summed E-state index contributed by atoms with van der Waals surface area (Å²) in [6, 6.07) is 15.1. The van der Waals surface area contributed by atoms with Gasteiger partial charge in [0.05, 0.1) is 17.8 Å². The molecular formula is C22H24N4OS. The van der Waals surface area contributed by atoms with Crippen molar-refractivity contribution in [1.82, 2.24) is 14.9 Å². The highest BCUT2D eigenvalue weighted by Crippen LogP contribution is 2.42. The Morgan fingerprint density at radius 2 is 1.82 bits per heavy atom. The number of pyridine rings is 1. The van der Waals surface area contributed by atoms with Gasteiger partial charge in [-0.2, -0.15) is 0 Å². The zero-order chi connectivity index (χ0) is 19.9. The minimum absolute atomic E-state index is 0.00531. The number of nitrogens with zero attached hydrogens (tertiary/aromatic N) is 3. The van der Waals surface area contributed by atoms with Gasteiger partial charge in [-0.3, -0.25) is 4.98 Å². The predicted octanol–water partition coefficient (Wildman–Crippen LogP) is 4.52. The Bertz CT molecular complexity index is 976. The zero-order valence-corrected chi connectivity index (χ0v) is 17.0. The molecule has 1 fully saturated rings. The van der Waals surface area contributed by atoms with Crippen LogP contribution in [0.5, 0.6) is 5.75 Å². The van der Waals surface area contributed by atoms with Crippen LogP contribution in [0.25, 0.3) is 0 Å². The van der Waals surface area contributed by atoms with Gasteiger partial charge >= 0.3 is 0 Å². The number of nitrogens with one attached hydrogen (secondary N) is 1. The van der Waals surface area contributed by atoms with Crippen molar-refractivity contribution < 1.29 is 5.11 Å². The largest absolute Gasteiger partial charge is 0.508 e. The first-order valence-corrected chi connectivity index (χ1v) is 9.73. The predicted molar refractivity (Wildman–Crippen MR) is 115 cm³/mol. The summed E-state index contributed by atoms with van der Waals surface area (Å²) in [5.41, 5.74) is 3.03. The Balaban J connectivity index is 1.81. The Hall–Kier alpha value is -2.86. The van der Waals surface area contributed by atoms with E-state index in [0.717, 1.165) is 16.9 Å². The molecule has 1 aliphatic heterocycles. The molecule has 0 aliphatic carbocycles. The lowest BCUT2D eigenvalue weighted by atomic mass is 9.98. The minimum Gasteiger partial charge on any atom is -0.508 e. The fourth-order valence-corrected chi connectivity index (χ4v) is 3.94. The van der Waals surface area contributed by atoms with Crippen LogP contribution in [0.1, 0.15) is 44.1 Å². The van der Waals surface area contributed by atoms with Crippen LogP contribution in [0, 0.1) is 0 Å². The summed E-state index contributed by atoms with van der Waals surface area (Å²) in [6.45, 7) is 6.55. The highest BCUT2D eigenvalue weighted by Gasteiger charge is 2.41. The Kier molecular flexibility index (Phi) is 4.59. The second kappa shape index (κ2) is 6.95. The Morgan fingerprint density at radius 3 is 2.43 bits per heavy atom. The van der Waals surface area contributed by atoms with Crippen LogP contribution in [-0.2, 0) is 5.54 Å². The molecule has 2 N–H and O–H groups in total. The molecule has 5 nitrogen and oxygen atoms in total. The van der Waals surface area contributed by atoms with Gasteiger partial charge in [0.2, 0.25) is 0 Å². The van der Waals surface area contributed by atoms with Crippen LogP contribution in [0.2, 0.25) is 0 Å². The summed E-state index contributed by atoms with van der Waals surface area (Å²) in [7, 11) is 0. The molecule has 0 unspecified atom stereocenters. The van der Waals surface area contributed by atoms with Gasteiger partial charge in [-0.1, -0.05) is 6.07 Å². The average Bonchev–Trinajstić information content (AvgIpc) is 3.28. The van der Waals surface area contributed by atoms with Crippen molar-refractivity contribution in [2.75, 3.05) is 4.90 Å². The van der Waals surface area contributed by atoms with Crippen molar-refractivity contribution in [3.8, 4) is 5.75 Å². The maximum absolute atomic E-state index is 9.69. The number of hydrogen-bond acceptors (Lipinski definition) is 3. The van der Waals surface area contributed by atoms with E-state index in [1.54, 1.807) is 18.3 Å². The van der Waals surface area contributed by atoms with Crippen molar-refractivity contribution >= 4 is 23.0 Å². The number of phenols is 1. The first-order valence-electron chi connectivity index (χ1n) is 9.33. The summed E-state index contributed by atoms with van der Waals surface area (Å²) in [6.07, 6.45) is 6.10. The van der Waals surface area contributed by atoms with Crippen molar-refractivity contribution in [3.05, 3.63) is 78.4 Å². The van der Waals surface area contributed by atoms with Crippen molar-refractivity contribution in [2.24, 2.45) is 0 Å². The molecule has 0 bridgehead atoms. The molecule has 0 spiro atoms. The van der Waals surface area contributed by atoms with E-state index in [4.69, 9.17) is 12.2 Å². The van der Waals surface area contributed by atoms with Crippen LogP contribution in [-0.4, -0.2) is 19.8 Å². The maximum Gasteiger partial charge on any atom is 0.174 e. The highest BCUT2D eigenvalue weighted by molar-refractivity contribution is 7.80. The molecule has 0 amide bonds. The van der Waals surface area contributed by atoms with E-state index in [0.29, 0.717) is 5.11 Å². The lowest BCUT2D eigenvalue weighted by Gasteiger charge is -2.28. The molecule has 0 radical (unpaired) electrons. The molecule has 4 rings (SSSR count). The lowest BCUT2D eigenvalue weighted by Crippen LogP contribution is -2.29. The summed E-state index contributed by atoms with van der Waals surface area (Å²) >= 11 is 5.71. The quantitative estimate of drug-likeness (QED) is 0.642. The van der Waals surface area contributed by atoms with Gasteiger partial charge in [0, 0.05) is 29.8 Å². The lowest BCUT2D eigenvalue weighted by molar-refractivity contribution is 0.397. The number of aromatic nitrogens is 2. The zero-order valence-electron chi connectivity index (χ0n) is 16.2. The molecule has 1 aliphatic rings. The molecule has 28 heavy (non-hydrogen) atoms. The second-order valence-electron chi connectivity index (χ2n) is 8.04. The number of rotatable bonds is 3.